The zero-order valence-corrected chi connectivity index (χ0v) is 22.4. The number of nitrogens with two attached hydrogens (primary N) is 1. The molecule has 40 heavy (non-hydrogen) atoms. The molecule has 1 aliphatic carbocycles. The molecule has 0 spiro atoms. The molecule has 3 aliphatic rings. The highest BCUT2D eigenvalue weighted by Gasteiger charge is 2.61. The summed E-state index contributed by atoms with van der Waals surface area (Å²) in [6.45, 7) is 0.243. The van der Waals surface area contributed by atoms with Gasteiger partial charge in [-0.05, 0) is 57.1 Å². The van der Waals surface area contributed by atoms with Gasteiger partial charge in [-0.15, -0.1) is 0 Å². The normalized spacial score (nSPS) is 28.1. The van der Waals surface area contributed by atoms with Crippen LogP contribution in [0.15, 0.2) is 41.3 Å². The first-order chi connectivity index (χ1) is 18.9. The number of fused-ring (bicyclic) bond motifs is 2. The van der Waals surface area contributed by atoms with Crippen molar-refractivity contribution in [3.8, 4) is 0 Å². The summed E-state index contributed by atoms with van der Waals surface area (Å²) in [5, 5.41) is 13.6. The number of nitro benzene ring substituents is 1. The van der Waals surface area contributed by atoms with Crippen molar-refractivity contribution in [3.05, 3.63) is 46.5 Å². The van der Waals surface area contributed by atoms with Gasteiger partial charge in [0.2, 0.25) is 5.91 Å². The number of nitrogens with zero attached hydrogens (tertiary/aromatic N) is 2. The molecule has 1 aromatic rings. The lowest BCUT2D eigenvalue weighted by molar-refractivity contribution is -0.384. The van der Waals surface area contributed by atoms with Gasteiger partial charge in [-0.1, -0.05) is 18.6 Å². The molecule has 4 atom stereocenters. The molecule has 216 valence electrons. The molecule has 1 saturated heterocycles. The Hall–Kier alpha value is -4.01. The van der Waals surface area contributed by atoms with Crippen LogP contribution in [0.5, 0.6) is 0 Å². The molecule has 1 aromatic carbocycles. The Bertz CT molecular complexity index is 1330. The first kappa shape index (κ1) is 29.0. The van der Waals surface area contributed by atoms with Crippen LogP contribution in [0.1, 0.15) is 51.4 Å². The van der Waals surface area contributed by atoms with E-state index in [4.69, 9.17) is 10.5 Å². The van der Waals surface area contributed by atoms with E-state index < -0.39 is 62.4 Å². The first-order valence-corrected chi connectivity index (χ1v) is 14.5. The largest absolute Gasteiger partial charge is 0.436 e. The van der Waals surface area contributed by atoms with E-state index in [-0.39, 0.29) is 30.0 Å². The second kappa shape index (κ2) is 11.6. The number of ether oxygens (including phenoxy) is 1. The average Bonchev–Trinajstić information content (AvgIpc) is 3.36. The molecule has 2 fully saturated rings. The van der Waals surface area contributed by atoms with Crippen molar-refractivity contribution in [2.24, 2.45) is 11.7 Å². The molecule has 4 amide bonds. The Balaban J connectivity index is 1.58. The summed E-state index contributed by atoms with van der Waals surface area (Å²) in [5.74, 6) is -2.61. The maximum atomic E-state index is 13.4. The molecular formula is C25H31N5O9S. The number of nitro groups is 1. The number of benzene rings is 1. The van der Waals surface area contributed by atoms with Gasteiger partial charge in [0.05, 0.1) is 9.82 Å². The van der Waals surface area contributed by atoms with E-state index in [0.29, 0.717) is 25.7 Å². The van der Waals surface area contributed by atoms with Crippen molar-refractivity contribution in [2.75, 3.05) is 6.54 Å². The van der Waals surface area contributed by atoms with Gasteiger partial charge >= 0.3 is 6.09 Å². The van der Waals surface area contributed by atoms with Crippen LogP contribution < -0.4 is 15.8 Å². The van der Waals surface area contributed by atoms with Gasteiger partial charge in [0.25, 0.3) is 27.5 Å². The van der Waals surface area contributed by atoms with Crippen molar-refractivity contribution in [2.45, 2.75) is 73.9 Å². The molecule has 4 N–H and O–H groups in total. The summed E-state index contributed by atoms with van der Waals surface area (Å²) in [6, 6.07) is 3.09. The van der Waals surface area contributed by atoms with Crippen molar-refractivity contribution < 1.29 is 37.3 Å². The number of hydrogen-bond acceptors (Lipinski definition) is 9. The molecule has 4 unspecified atom stereocenters. The number of allylic oxidation sites excluding steroid dienone is 1. The van der Waals surface area contributed by atoms with E-state index in [1.807, 2.05) is 10.8 Å². The Labute approximate surface area is 230 Å². The molecule has 2 aliphatic heterocycles. The molecule has 4 rings (SSSR count). The Morgan fingerprint density at radius 2 is 1.85 bits per heavy atom. The van der Waals surface area contributed by atoms with Gasteiger partial charge in [0.1, 0.15) is 11.6 Å². The number of primary amides is 1. The molecule has 0 bridgehead atoms. The number of non-ortho nitro benzene ring substituents is 1. The van der Waals surface area contributed by atoms with Gasteiger partial charge in [0.15, 0.2) is 6.10 Å². The van der Waals surface area contributed by atoms with Crippen molar-refractivity contribution in [1.29, 1.82) is 0 Å². The quantitative estimate of drug-likeness (QED) is 0.261. The van der Waals surface area contributed by atoms with Crippen LogP contribution in [0.4, 0.5) is 10.5 Å². The van der Waals surface area contributed by atoms with Gasteiger partial charge in [0, 0.05) is 24.6 Å². The van der Waals surface area contributed by atoms with Crippen LogP contribution in [-0.4, -0.2) is 66.3 Å². The molecule has 1 saturated carbocycles. The first-order valence-electron chi connectivity index (χ1n) is 13.0. The van der Waals surface area contributed by atoms with Crippen LogP contribution in [-0.2, 0) is 29.1 Å². The van der Waals surface area contributed by atoms with Crippen LogP contribution in [0.2, 0.25) is 0 Å². The maximum absolute atomic E-state index is 13.4. The Kier molecular flexibility index (Phi) is 8.42. The summed E-state index contributed by atoms with van der Waals surface area (Å²) in [6.07, 6.45) is 5.35. The number of sulfonamides is 1. The smallest absolute Gasteiger partial charge is 0.405 e. The highest BCUT2D eigenvalue weighted by atomic mass is 32.2. The number of carbonyl (C=O) groups excluding carboxylic acids is 4. The van der Waals surface area contributed by atoms with E-state index in [1.54, 1.807) is 6.08 Å². The highest BCUT2D eigenvalue weighted by Crippen LogP contribution is 2.45. The summed E-state index contributed by atoms with van der Waals surface area (Å²) in [5.41, 5.74) is 3.29. The Morgan fingerprint density at radius 3 is 2.52 bits per heavy atom. The number of carbonyl (C=O) groups is 4. The number of hydrogen-bond donors (Lipinski definition) is 3. The molecule has 0 aromatic heterocycles. The van der Waals surface area contributed by atoms with Crippen LogP contribution in [0.3, 0.4) is 0 Å². The maximum Gasteiger partial charge on any atom is 0.405 e. The third kappa shape index (κ3) is 6.24. The van der Waals surface area contributed by atoms with Gasteiger partial charge < -0.3 is 20.7 Å². The fourth-order valence-electron chi connectivity index (χ4n) is 5.19. The summed E-state index contributed by atoms with van der Waals surface area (Å²) in [7, 11) is -4.41. The Morgan fingerprint density at radius 1 is 1.12 bits per heavy atom. The summed E-state index contributed by atoms with van der Waals surface area (Å²) in [4.78, 5) is 62.7. The van der Waals surface area contributed by atoms with Crippen LogP contribution >= 0.6 is 0 Å². The van der Waals surface area contributed by atoms with Crippen molar-refractivity contribution >= 4 is 39.5 Å². The lowest BCUT2D eigenvalue weighted by atomic mass is 10.1. The molecule has 2 heterocycles. The molecule has 0 radical (unpaired) electrons. The predicted molar refractivity (Wildman–Crippen MR) is 139 cm³/mol. The van der Waals surface area contributed by atoms with E-state index in [9.17, 15) is 37.7 Å². The minimum Gasteiger partial charge on any atom is -0.436 e. The standard InChI is InChI=1S/C25H31N5O9S/c26-24(34)39-20-9-5-3-1-2-4-7-16-15-25(16,27-21(31)19-8-6-14-29(19)22(20)32)23(33)28-40(37,38)18-12-10-17(11-13-18)30(35)36/h4,7,10-13,16,19-20H,1-3,5-6,8-9,14-15H2,(H2,26,34)(H,27,31)(H,28,33)/b7-4+. The van der Waals surface area contributed by atoms with E-state index >= 15 is 0 Å². The average molecular weight is 578 g/mol. The minimum atomic E-state index is -4.41. The molecule has 14 nitrogen and oxygen atoms in total. The summed E-state index contributed by atoms with van der Waals surface area (Å²) >= 11 is 0. The van der Waals surface area contributed by atoms with Crippen LogP contribution in [0, 0.1) is 16.0 Å². The van der Waals surface area contributed by atoms with E-state index in [1.165, 1.54) is 4.90 Å². The fraction of sp³-hybridized carbons (Fsp3) is 0.520. The molecule has 15 heteroatoms. The zero-order valence-electron chi connectivity index (χ0n) is 21.6. The van der Waals surface area contributed by atoms with E-state index in [2.05, 4.69) is 5.32 Å². The molecular weight excluding hydrogens is 546 g/mol. The van der Waals surface area contributed by atoms with Gasteiger partial charge in [-0.2, -0.15) is 0 Å². The van der Waals surface area contributed by atoms with Crippen LogP contribution in [0.25, 0.3) is 0 Å². The van der Waals surface area contributed by atoms with Crippen molar-refractivity contribution in [3.63, 3.8) is 0 Å². The third-order valence-corrected chi connectivity index (χ3v) is 8.78. The summed E-state index contributed by atoms with van der Waals surface area (Å²) < 4.78 is 32.9. The topological polar surface area (TPSA) is 208 Å². The number of nitrogens with one attached hydrogen (secondary N) is 2. The predicted octanol–water partition coefficient (Wildman–Crippen LogP) is 1.25. The second-order valence-electron chi connectivity index (χ2n) is 10.1. The highest BCUT2D eigenvalue weighted by molar-refractivity contribution is 7.90. The van der Waals surface area contributed by atoms with Gasteiger partial charge in [-0.25, -0.2) is 17.9 Å². The minimum absolute atomic E-state index is 0.144. The lowest BCUT2D eigenvalue weighted by Gasteiger charge is -2.29. The SMILES string of the molecule is NC(=O)OC1CCCCC/C=C/C2CC2(C(=O)NS(=O)(=O)c2ccc([N+](=O)[O-])cc2)NC(=O)C2CCCN2C1=O. The fourth-order valence-corrected chi connectivity index (χ4v) is 6.23. The van der Waals surface area contributed by atoms with E-state index in [0.717, 1.165) is 37.1 Å². The second-order valence-corrected chi connectivity index (χ2v) is 11.8. The number of amides is 4. The zero-order chi connectivity index (χ0) is 29.1. The lowest BCUT2D eigenvalue weighted by Crippen LogP contribution is -2.57. The monoisotopic (exact) mass is 577 g/mol. The van der Waals surface area contributed by atoms with Gasteiger partial charge in [-0.3, -0.25) is 24.5 Å². The number of rotatable bonds is 5. The third-order valence-electron chi connectivity index (χ3n) is 7.43. The van der Waals surface area contributed by atoms with Crippen molar-refractivity contribution in [1.82, 2.24) is 14.9 Å².